The average Bonchev–Trinajstić information content (AvgIpc) is 3.21. The van der Waals surface area contributed by atoms with Gasteiger partial charge in [-0.25, -0.2) is 5.48 Å². The number of fused-ring (bicyclic) bond motifs is 2. The molecule has 0 aromatic heterocycles. The summed E-state index contributed by atoms with van der Waals surface area (Å²) in [4.78, 5) is 11.0. The number of hydrogen-bond donors (Lipinski definition) is 2. The standard InChI is InChI=1S/C19H33NO5/c1-3-4-11-23-12-10-15-16(18-9-8-17(15)25-18)13-24-14(2)6-5-7-19(21)20-22/h3,14-18,22H,1,4-13H2,2H3,(H,20,21). The number of hydroxylamine groups is 1. The van der Waals surface area contributed by atoms with Gasteiger partial charge in [-0.15, -0.1) is 6.58 Å². The van der Waals surface area contributed by atoms with Gasteiger partial charge in [0.15, 0.2) is 0 Å². The van der Waals surface area contributed by atoms with Gasteiger partial charge in [-0.2, -0.15) is 0 Å². The van der Waals surface area contributed by atoms with Crippen LogP contribution in [-0.2, 0) is 19.0 Å². The minimum Gasteiger partial charge on any atom is -0.381 e. The molecule has 0 aromatic rings. The van der Waals surface area contributed by atoms with E-state index < -0.39 is 0 Å². The third-order valence-electron chi connectivity index (χ3n) is 5.36. The number of carbonyl (C=O) groups excluding carboxylic acids is 1. The van der Waals surface area contributed by atoms with Crippen molar-refractivity contribution in [1.29, 1.82) is 0 Å². The first-order valence-corrected chi connectivity index (χ1v) is 9.54. The zero-order chi connectivity index (χ0) is 18.1. The molecule has 2 bridgehead atoms. The number of ether oxygens (including phenoxy) is 3. The third-order valence-corrected chi connectivity index (χ3v) is 5.36. The Morgan fingerprint density at radius 3 is 2.84 bits per heavy atom. The van der Waals surface area contributed by atoms with Crippen molar-refractivity contribution in [2.75, 3.05) is 19.8 Å². The predicted octanol–water partition coefficient (Wildman–Crippen LogP) is 2.84. The molecule has 6 heteroatoms. The van der Waals surface area contributed by atoms with Crippen molar-refractivity contribution in [2.24, 2.45) is 11.8 Å². The summed E-state index contributed by atoms with van der Waals surface area (Å²) in [6.45, 7) is 7.97. The van der Waals surface area contributed by atoms with Crippen LogP contribution in [0.25, 0.3) is 0 Å². The van der Waals surface area contributed by atoms with Crippen molar-refractivity contribution in [3.63, 3.8) is 0 Å². The van der Waals surface area contributed by atoms with E-state index in [0.717, 1.165) is 45.3 Å². The van der Waals surface area contributed by atoms with E-state index in [4.69, 9.17) is 19.4 Å². The molecule has 25 heavy (non-hydrogen) atoms. The topological polar surface area (TPSA) is 77.0 Å². The fourth-order valence-electron chi connectivity index (χ4n) is 3.95. The van der Waals surface area contributed by atoms with Crippen molar-refractivity contribution >= 4 is 5.91 Å². The Morgan fingerprint density at radius 2 is 2.12 bits per heavy atom. The lowest BCUT2D eigenvalue weighted by atomic mass is 9.78. The van der Waals surface area contributed by atoms with Crippen LogP contribution in [0.15, 0.2) is 12.7 Å². The van der Waals surface area contributed by atoms with Crippen molar-refractivity contribution < 1.29 is 24.2 Å². The quantitative estimate of drug-likeness (QED) is 0.230. The summed E-state index contributed by atoms with van der Waals surface area (Å²) in [7, 11) is 0. The monoisotopic (exact) mass is 355 g/mol. The van der Waals surface area contributed by atoms with Gasteiger partial charge in [0, 0.05) is 25.6 Å². The fourth-order valence-corrected chi connectivity index (χ4v) is 3.95. The van der Waals surface area contributed by atoms with E-state index in [1.807, 2.05) is 13.0 Å². The SMILES string of the molecule is C=CCCOCCC1C2CCC(O2)C1COC(C)CCCC(=O)NO. The molecule has 144 valence electrons. The van der Waals surface area contributed by atoms with Crippen LogP contribution >= 0.6 is 0 Å². The van der Waals surface area contributed by atoms with Crippen molar-refractivity contribution in [3.8, 4) is 0 Å². The van der Waals surface area contributed by atoms with E-state index in [-0.39, 0.29) is 12.0 Å². The first-order chi connectivity index (χ1) is 12.2. The van der Waals surface area contributed by atoms with Crippen LogP contribution in [0.2, 0.25) is 0 Å². The third kappa shape index (κ3) is 6.37. The lowest BCUT2D eigenvalue weighted by Crippen LogP contribution is -2.33. The second-order valence-electron chi connectivity index (χ2n) is 7.17. The van der Waals surface area contributed by atoms with Crippen LogP contribution < -0.4 is 5.48 Å². The molecule has 1 amide bonds. The second-order valence-corrected chi connectivity index (χ2v) is 7.17. The van der Waals surface area contributed by atoms with Crippen LogP contribution in [0, 0.1) is 11.8 Å². The average molecular weight is 355 g/mol. The maximum absolute atomic E-state index is 11.0. The summed E-state index contributed by atoms with van der Waals surface area (Å²) in [5, 5.41) is 8.50. The summed E-state index contributed by atoms with van der Waals surface area (Å²) in [6, 6.07) is 0. The number of nitrogens with one attached hydrogen (secondary N) is 1. The molecule has 2 aliphatic heterocycles. The molecule has 0 spiro atoms. The number of carbonyl (C=O) groups is 1. The molecule has 2 aliphatic rings. The van der Waals surface area contributed by atoms with Gasteiger partial charge in [-0.05, 0) is 51.4 Å². The molecule has 2 rings (SSSR count). The van der Waals surface area contributed by atoms with Gasteiger partial charge < -0.3 is 14.2 Å². The van der Waals surface area contributed by atoms with Crippen LogP contribution in [0.5, 0.6) is 0 Å². The van der Waals surface area contributed by atoms with E-state index in [1.165, 1.54) is 0 Å². The molecule has 2 saturated heterocycles. The summed E-state index contributed by atoms with van der Waals surface area (Å²) < 4.78 is 17.8. The Kier molecular flexibility index (Phi) is 8.89. The first-order valence-electron chi connectivity index (χ1n) is 9.54. The molecule has 0 aliphatic carbocycles. The molecule has 6 nitrogen and oxygen atoms in total. The molecule has 0 aromatic carbocycles. The molecule has 0 radical (unpaired) electrons. The largest absolute Gasteiger partial charge is 0.381 e. The molecular weight excluding hydrogens is 322 g/mol. The van der Waals surface area contributed by atoms with E-state index in [2.05, 4.69) is 6.58 Å². The van der Waals surface area contributed by atoms with Gasteiger partial charge >= 0.3 is 0 Å². The summed E-state index contributed by atoms with van der Waals surface area (Å²) >= 11 is 0. The highest BCUT2D eigenvalue weighted by Crippen LogP contribution is 2.45. The van der Waals surface area contributed by atoms with Gasteiger partial charge in [-0.3, -0.25) is 10.0 Å². The molecule has 2 N–H and O–H groups in total. The number of rotatable bonds is 13. The zero-order valence-electron chi connectivity index (χ0n) is 15.3. The van der Waals surface area contributed by atoms with Crippen molar-refractivity contribution in [1.82, 2.24) is 5.48 Å². The molecule has 2 fully saturated rings. The maximum atomic E-state index is 11.0. The predicted molar refractivity (Wildman–Crippen MR) is 94.3 cm³/mol. The van der Waals surface area contributed by atoms with Crippen LogP contribution in [0.3, 0.4) is 0 Å². The second kappa shape index (κ2) is 10.9. The highest BCUT2D eigenvalue weighted by Gasteiger charge is 2.48. The lowest BCUT2D eigenvalue weighted by Gasteiger charge is -2.29. The minimum atomic E-state index is -0.342. The van der Waals surface area contributed by atoms with E-state index >= 15 is 0 Å². The summed E-state index contributed by atoms with van der Waals surface area (Å²) in [5.74, 6) is 0.630. The molecule has 5 atom stereocenters. The van der Waals surface area contributed by atoms with Crippen molar-refractivity contribution in [3.05, 3.63) is 12.7 Å². The Bertz CT molecular complexity index is 417. The lowest BCUT2D eigenvalue weighted by molar-refractivity contribution is -0.129. The molecule has 5 unspecified atom stereocenters. The van der Waals surface area contributed by atoms with Crippen LogP contribution in [-0.4, -0.2) is 49.2 Å². The Morgan fingerprint density at radius 1 is 1.36 bits per heavy atom. The van der Waals surface area contributed by atoms with E-state index in [9.17, 15) is 4.79 Å². The minimum absolute atomic E-state index is 0.107. The Hall–Kier alpha value is -0.950. The van der Waals surface area contributed by atoms with Gasteiger partial charge in [0.2, 0.25) is 5.91 Å². The molecule has 0 saturated carbocycles. The van der Waals surface area contributed by atoms with E-state index in [1.54, 1.807) is 5.48 Å². The summed E-state index contributed by atoms with van der Waals surface area (Å²) in [5.41, 5.74) is 1.66. The highest BCUT2D eigenvalue weighted by molar-refractivity contribution is 5.74. The van der Waals surface area contributed by atoms with Gasteiger partial charge in [0.25, 0.3) is 0 Å². The zero-order valence-corrected chi connectivity index (χ0v) is 15.3. The Labute approximate surface area is 150 Å². The normalized spacial score (nSPS) is 28.9. The van der Waals surface area contributed by atoms with Gasteiger partial charge in [0.05, 0.1) is 24.9 Å². The van der Waals surface area contributed by atoms with Crippen molar-refractivity contribution in [2.45, 2.75) is 70.2 Å². The number of hydrogen-bond acceptors (Lipinski definition) is 5. The first kappa shape index (κ1) is 20.4. The van der Waals surface area contributed by atoms with Gasteiger partial charge in [0.1, 0.15) is 0 Å². The molecule has 2 heterocycles. The smallest absolute Gasteiger partial charge is 0.243 e. The van der Waals surface area contributed by atoms with E-state index in [0.29, 0.717) is 43.5 Å². The van der Waals surface area contributed by atoms with Crippen LogP contribution in [0.1, 0.15) is 51.9 Å². The molecular formula is C19H33NO5. The highest BCUT2D eigenvalue weighted by atomic mass is 16.5. The summed E-state index contributed by atoms with van der Waals surface area (Å²) in [6.07, 6.45) is 8.74. The number of amides is 1. The maximum Gasteiger partial charge on any atom is 0.243 e. The Balaban J connectivity index is 1.67. The van der Waals surface area contributed by atoms with Gasteiger partial charge in [-0.1, -0.05) is 6.08 Å². The fraction of sp³-hybridized carbons (Fsp3) is 0.842. The van der Waals surface area contributed by atoms with Crippen LogP contribution in [0.4, 0.5) is 0 Å².